The molecule has 0 fully saturated rings. The molecule has 0 aliphatic carbocycles. The first-order valence-corrected chi connectivity index (χ1v) is 12.0. The van der Waals surface area contributed by atoms with Crippen LogP contribution < -0.4 is 5.56 Å². The minimum absolute atomic E-state index is 0.137. The SMILES string of the molecule is CCn1cc(CN2CCc3c(cc(-c4cccc(C)c4C)c(=O)n3CCN(C)C)C2)c(C)n1. The number of aromatic nitrogens is 3. The van der Waals surface area contributed by atoms with Crippen LogP contribution in [0.3, 0.4) is 0 Å². The van der Waals surface area contributed by atoms with Crippen molar-refractivity contribution >= 4 is 0 Å². The zero-order valence-corrected chi connectivity index (χ0v) is 21.0. The lowest BCUT2D eigenvalue weighted by Gasteiger charge is -2.31. The summed E-state index contributed by atoms with van der Waals surface area (Å²) >= 11 is 0. The Morgan fingerprint density at radius 2 is 1.91 bits per heavy atom. The average Bonchev–Trinajstić information content (AvgIpc) is 3.14. The summed E-state index contributed by atoms with van der Waals surface area (Å²) in [4.78, 5) is 18.3. The lowest BCUT2D eigenvalue weighted by molar-refractivity contribution is 0.238. The highest BCUT2D eigenvalue weighted by Gasteiger charge is 2.24. The van der Waals surface area contributed by atoms with Gasteiger partial charge in [0.1, 0.15) is 0 Å². The summed E-state index contributed by atoms with van der Waals surface area (Å²) in [5, 5.41) is 4.62. The smallest absolute Gasteiger partial charge is 0.258 e. The third-order valence-electron chi connectivity index (χ3n) is 6.98. The summed E-state index contributed by atoms with van der Waals surface area (Å²) in [6.07, 6.45) is 3.07. The second kappa shape index (κ2) is 9.65. The van der Waals surface area contributed by atoms with Crippen molar-refractivity contribution in [3.8, 4) is 11.1 Å². The maximum atomic E-state index is 13.7. The molecule has 0 unspecified atom stereocenters. The molecule has 6 nitrogen and oxygen atoms in total. The number of benzene rings is 1. The summed E-state index contributed by atoms with van der Waals surface area (Å²) in [6, 6.07) is 8.43. The van der Waals surface area contributed by atoms with Crippen molar-refractivity contribution in [3.63, 3.8) is 0 Å². The molecule has 0 atom stereocenters. The molecule has 1 aliphatic heterocycles. The van der Waals surface area contributed by atoms with Gasteiger partial charge in [0.15, 0.2) is 0 Å². The van der Waals surface area contributed by atoms with Gasteiger partial charge in [-0.15, -0.1) is 0 Å². The highest BCUT2D eigenvalue weighted by atomic mass is 16.1. The molecule has 4 rings (SSSR count). The lowest BCUT2D eigenvalue weighted by Crippen LogP contribution is -2.37. The molecule has 0 spiro atoms. The zero-order chi connectivity index (χ0) is 23.7. The van der Waals surface area contributed by atoms with Gasteiger partial charge in [-0.3, -0.25) is 14.4 Å². The van der Waals surface area contributed by atoms with Crippen molar-refractivity contribution < 1.29 is 0 Å². The molecular weight excluding hydrogens is 410 g/mol. The normalized spacial score (nSPS) is 14.2. The van der Waals surface area contributed by atoms with E-state index in [2.05, 4.69) is 87.2 Å². The molecule has 0 amide bonds. The summed E-state index contributed by atoms with van der Waals surface area (Å²) in [5.41, 5.74) is 9.29. The van der Waals surface area contributed by atoms with Gasteiger partial charge in [-0.25, -0.2) is 0 Å². The maximum Gasteiger partial charge on any atom is 0.258 e. The van der Waals surface area contributed by atoms with Gasteiger partial charge in [-0.2, -0.15) is 5.10 Å². The molecule has 176 valence electrons. The van der Waals surface area contributed by atoms with E-state index in [0.29, 0.717) is 0 Å². The average molecular weight is 448 g/mol. The fourth-order valence-electron chi connectivity index (χ4n) is 4.80. The fourth-order valence-corrected chi connectivity index (χ4v) is 4.80. The quantitative estimate of drug-likeness (QED) is 0.553. The van der Waals surface area contributed by atoms with Crippen LogP contribution in [0.15, 0.2) is 35.3 Å². The maximum absolute atomic E-state index is 13.7. The van der Waals surface area contributed by atoms with Crippen molar-refractivity contribution in [1.29, 1.82) is 0 Å². The fraction of sp³-hybridized carbons (Fsp3) is 0.481. The van der Waals surface area contributed by atoms with Gasteiger partial charge >= 0.3 is 0 Å². The molecule has 2 aromatic heterocycles. The van der Waals surface area contributed by atoms with Crippen LogP contribution in [0.4, 0.5) is 0 Å². The minimum Gasteiger partial charge on any atom is -0.310 e. The largest absolute Gasteiger partial charge is 0.310 e. The van der Waals surface area contributed by atoms with E-state index in [0.717, 1.165) is 62.5 Å². The van der Waals surface area contributed by atoms with Crippen molar-refractivity contribution in [2.45, 2.75) is 60.3 Å². The predicted octanol–water partition coefficient (Wildman–Crippen LogP) is 3.78. The molecular formula is C27H37N5O. The van der Waals surface area contributed by atoms with E-state index < -0.39 is 0 Å². The first-order valence-electron chi connectivity index (χ1n) is 12.0. The first kappa shape index (κ1) is 23.5. The molecule has 6 heteroatoms. The Kier molecular flexibility index (Phi) is 6.86. The third kappa shape index (κ3) is 4.82. The second-order valence-electron chi connectivity index (χ2n) is 9.59. The monoisotopic (exact) mass is 447 g/mol. The number of hydrogen-bond acceptors (Lipinski definition) is 4. The van der Waals surface area contributed by atoms with Crippen LogP contribution in [-0.2, 0) is 32.6 Å². The van der Waals surface area contributed by atoms with Gasteiger partial charge in [0.05, 0.1) is 5.69 Å². The van der Waals surface area contributed by atoms with E-state index in [-0.39, 0.29) is 5.56 Å². The summed E-state index contributed by atoms with van der Waals surface area (Å²) in [6.45, 7) is 13.6. The molecule has 0 bridgehead atoms. The topological polar surface area (TPSA) is 46.3 Å². The van der Waals surface area contributed by atoms with Gasteiger partial charge < -0.3 is 9.47 Å². The van der Waals surface area contributed by atoms with E-state index in [4.69, 9.17) is 0 Å². The van der Waals surface area contributed by atoms with E-state index in [1.54, 1.807) is 0 Å². The number of nitrogens with zero attached hydrogens (tertiary/aromatic N) is 5. The predicted molar refractivity (Wildman–Crippen MR) is 135 cm³/mol. The number of pyridine rings is 1. The van der Waals surface area contributed by atoms with Crippen LogP contribution in [0.2, 0.25) is 0 Å². The molecule has 1 aliphatic rings. The van der Waals surface area contributed by atoms with Crippen molar-refractivity contribution in [3.05, 3.63) is 74.5 Å². The number of aryl methyl sites for hydroxylation is 3. The standard InChI is InChI=1S/C27H37N5O/c1-7-31-18-23(21(4)28-31)17-30-12-11-26-22(16-30)15-25(24-10-8-9-19(2)20(24)3)27(33)32(26)14-13-29(5)6/h8-10,15,18H,7,11-14,16-17H2,1-6H3. The van der Waals surface area contributed by atoms with Crippen LogP contribution in [0.25, 0.3) is 11.1 Å². The Hall–Kier alpha value is -2.70. The van der Waals surface area contributed by atoms with E-state index in [9.17, 15) is 4.79 Å². The lowest BCUT2D eigenvalue weighted by atomic mass is 9.94. The molecule has 0 radical (unpaired) electrons. The van der Waals surface area contributed by atoms with Gasteiger partial charge in [0.2, 0.25) is 0 Å². The summed E-state index contributed by atoms with van der Waals surface area (Å²) in [7, 11) is 4.12. The molecule has 1 aromatic carbocycles. The summed E-state index contributed by atoms with van der Waals surface area (Å²) in [5.74, 6) is 0. The van der Waals surface area contributed by atoms with E-state index >= 15 is 0 Å². The molecule has 0 saturated heterocycles. The van der Waals surface area contributed by atoms with Gasteiger partial charge in [0.25, 0.3) is 5.56 Å². The Bertz CT molecular complexity index is 1200. The second-order valence-corrected chi connectivity index (χ2v) is 9.59. The molecule has 33 heavy (non-hydrogen) atoms. The van der Waals surface area contributed by atoms with Crippen LogP contribution in [0, 0.1) is 20.8 Å². The Balaban J connectivity index is 1.73. The number of fused-ring (bicyclic) bond motifs is 1. The van der Waals surface area contributed by atoms with Crippen molar-refractivity contribution in [2.24, 2.45) is 0 Å². The molecule has 0 saturated carbocycles. The van der Waals surface area contributed by atoms with Crippen LogP contribution in [0.1, 0.15) is 40.6 Å². The molecule has 0 N–H and O–H groups in total. The van der Waals surface area contributed by atoms with Crippen LogP contribution in [0.5, 0.6) is 0 Å². The first-order chi connectivity index (χ1) is 15.8. The van der Waals surface area contributed by atoms with Gasteiger partial charge in [-0.05, 0) is 70.1 Å². The Morgan fingerprint density at radius 3 is 2.61 bits per heavy atom. The van der Waals surface area contributed by atoms with Gasteiger partial charge in [-0.1, -0.05) is 18.2 Å². The number of rotatable bonds is 7. The highest BCUT2D eigenvalue weighted by Crippen LogP contribution is 2.28. The number of likely N-dealkylation sites (N-methyl/N-ethyl adjacent to an activating group) is 1. The van der Waals surface area contributed by atoms with Crippen LogP contribution >= 0.6 is 0 Å². The Labute approximate surface area is 197 Å². The van der Waals surface area contributed by atoms with Crippen molar-refractivity contribution in [2.75, 3.05) is 27.2 Å². The third-order valence-corrected chi connectivity index (χ3v) is 6.98. The van der Waals surface area contributed by atoms with E-state index in [1.165, 1.54) is 27.9 Å². The highest BCUT2D eigenvalue weighted by molar-refractivity contribution is 5.68. The molecule has 3 aromatic rings. The molecule has 3 heterocycles. The van der Waals surface area contributed by atoms with Crippen LogP contribution in [-0.4, -0.2) is 51.3 Å². The van der Waals surface area contributed by atoms with E-state index in [1.807, 2.05) is 9.25 Å². The van der Waals surface area contributed by atoms with Gasteiger partial charge in [0, 0.05) is 68.7 Å². The Morgan fingerprint density at radius 1 is 1.12 bits per heavy atom. The zero-order valence-electron chi connectivity index (χ0n) is 21.0. The van der Waals surface area contributed by atoms with Crippen molar-refractivity contribution in [1.82, 2.24) is 24.1 Å². The summed E-state index contributed by atoms with van der Waals surface area (Å²) < 4.78 is 4.06. The number of hydrogen-bond donors (Lipinski definition) is 0. The minimum atomic E-state index is 0.137.